The molecule has 2 aliphatic rings. The maximum absolute atomic E-state index is 11.7. The second-order valence-corrected chi connectivity index (χ2v) is 4.86. The van der Waals surface area contributed by atoms with Crippen molar-refractivity contribution in [3.05, 3.63) is 22.8 Å². The van der Waals surface area contributed by atoms with E-state index in [2.05, 4.69) is 10.0 Å². The molecular weight excluding hydrogens is 236 g/mol. The summed E-state index contributed by atoms with van der Waals surface area (Å²) in [6.07, 6.45) is 3.55. The molecule has 2 aliphatic heterocycles. The summed E-state index contributed by atoms with van der Waals surface area (Å²) in [6.45, 7) is 1.01. The first-order valence-corrected chi connectivity index (χ1v) is 6.15. The fourth-order valence-corrected chi connectivity index (χ4v) is 2.65. The summed E-state index contributed by atoms with van der Waals surface area (Å²) >= 11 is 1.74. The fraction of sp³-hybridized carbons (Fsp3) is 0.364. The van der Waals surface area contributed by atoms with Crippen LogP contribution >= 0.6 is 11.8 Å². The first kappa shape index (κ1) is 11.7. The summed E-state index contributed by atoms with van der Waals surface area (Å²) in [5.74, 6) is 0.822. The number of thioether (sulfide) groups is 1. The molecule has 6 heteroatoms. The Morgan fingerprint density at radius 3 is 2.82 bits per heavy atom. The zero-order valence-electron chi connectivity index (χ0n) is 9.67. The first-order chi connectivity index (χ1) is 8.13. The van der Waals surface area contributed by atoms with E-state index in [1.54, 1.807) is 24.9 Å². The molecule has 0 aromatic heterocycles. The number of likely N-dealkylation sites (N-methyl/N-ethyl adjacent to an activating group) is 1. The molecule has 1 fully saturated rings. The molecule has 0 atom stereocenters. The number of hydrogen-bond acceptors (Lipinski definition) is 5. The van der Waals surface area contributed by atoms with Crippen LogP contribution in [0.25, 0.3) is 0 Å². The van der Waals surface area contributed by atoms with Gasteiger partial charge in [-0.05, 0) is 12.2 Å². The molecule has 0 N–H and O–H groups in total. The lowest BCUT2D eigenvalue weighted by Gasteiger charge is -2.09. The Morgan fingerprint density at radius 1 is 1.47 bits per heavy atom. The van der Waals surface area contributed by atoms with Gasteiger partial charge in [0, 0.05) is 26.4 Å². The molecule has 1 saturated heterocycles. The van der Waals surface area contributed by atoms with E-state index in [9.17, 15) is 4.79 Å². The molecule has 0 radical (unpaired) electrons. The van der Waals surface area contributed by atoms with Crippen molar-refractivity contribution in [3.8, 4) is 6.07 Å². The quantitative estimate of drug-likeness (QED) is 0.644. The van der Waals surface area contributed by atoms with Crippen LogP contribution in [0.15, 0.2) is 27.9 Å². The second-order valence-electron chi connectivity index (χ2n) is 3.74. The molecule has 0 bridgehead atoms. The Kier molecular flexibility index (Phi) is 3.20. The van der Waals surface area contributed by atoms with E-state index in [-0.39, 0.29) is 11.6 Å². The van der Waals surface area contributed by atoms with E-state index < -0.39 is 0 Å². The van der Waals surface area contributed by atoms with Gasteiger partial charge < -0.3 is 4.90 Å². The van der Waals surface area contributed by atoms with Gasteiger partial charge in [0.05, 0.1) is 10.6 Å². The maximum Gasteiger partial charge on any atom is 0.276 e. The van der Waals surface area contributed by atoms with Gasteiger partial charge in [0.15, 0.2) is 5.71 Å². The average molecular weight is 248 g/mol. The van der Waals surface area contributed by atoms with E-state index in [1.165, 1.54) is 5.01 Å². The molecular formula is C11H12N4OS. The monoisotopic (exact) mass is 248 g/mol. The highest BCUT2D eigenvalue weighted by molar-refractivity contribution is 8.03. The Balaban J connectivity index is 2.26. The average Bonchev–Trinajstić information content (AvgIpc) is 2.83. The van der Waals surface area contributed by atoms with Crippen LogP contribution in [0.2, 0.25) is 0 Å². The largest absolute Gasteiger partial charge is 0.369 e. The van der Waals surface area contributed by atoms with Gasteiger partial charge in [-0.2, -0.15) is 10.4 Å². The topological polar surface area (TPSA) is 59.7 Å². The molecule has 88 valence electrons. The van der Waals surface area contributed by atoms with Crippen LogP contribution in [0.5, 0.6) is 0 Å². The summed E-state index contributed by atoms with van der Waals surface area (Å²) in [4.78, 5) is 13.8. The highest BCUT2D eigenvalue weighted by Gasteiger charge is 2.26. The first-order valence-electron chi connectivity index (χ1n) is 5.16. The summed E-state index contributed by atoms with van der Waals surface area (Å²) in [5.41, 5.74) is 0.545. The Morgan fingerprint density at radius 2 is 2.24 bits per heavy atom. The fourth-order valence-electron chi connectivity index (χ4n) is 1.60. The number of amides is 1. The highest BCUT2D eigenvalue weighted by Crippen LogP contribution is 2.26. The number of allylic oxidation sites excluding steroid dienone is 2. The van der Waals surface area contributed by atoms with Crippen LogP contribution in [0, 0.1) is 11.3 Å². The molecule has 17 heavy (non-hydrogen) atoms. The number of nitriles is 1. The van der Waals surface area contributed by atoms with Crippen molar-refractivity contribution < 1.29 is 4.79 Å². The summed E-state index contributed by atoms with van der Waals surface area (Å²) < 4.78 is 0. The number of hydrogen-bond donors (Lipinski definition) is 0. The Hall–Kier alpha value is -1.74. The van der Waals surface area contributed by atoms with E-state index in [1.807, 2.05) is 19.2 Å². The van der Waals surface area contributed by atoms with Gasteiger partial charge in [-0.3, -0.25) is 4.79 Å². The van der Waals surface area contributed by atoms with Crippen molar-refractivity contribution in [2.75, 3.05) is 26.4 Å². The lowest BCUT2D eigenvalue weighted by atomic mass is 10.1. The van der Waals surface area contributed by atoms with Crippen LogP contribution in [0.1, 0.15) is 0 Å². The molecule has 2 heterocycles. The van der Waals surface area contributed by atoms with Crippen molar-refractivity contribution in [2.24, 2.45) is 5.10 Å². The van der Waals surface area contributed by atoms with Crippen LogP contribution in [0.3, 0.4) is 0 Å². The summed E-state index contributed by atoms with van der Waals surface area (Å²) in [5, 5.41) is 15.0. The van der Waals surface area contributed by atoms with Crippen molar-refractivity contribution >= 4 is 23.4 Å². The van der Waals surface area contributed by atoms with E-state index in [0.717, 1.165) is 17.3 Å². The molecule has 2 rings (SSSR count). The molecule has 1 amide bonds. The molecule has 0 saturated carbocycles. The van der Waals surface area contributed by atoms with E-state index in [4.69, 9.17) is 5.26 Å². The predicted octanol–water partition coefficient (Wildman–Crippen LogP) is 0.784. The van der Waals surface area contributed by atoms with Crippen molar-refractivity contribution in [2.45, 2.75) is 0 Å². The third-order valence-corrected chi connectivity index (χ3v) is 3.71. The van der Waals surface area contributed by atoms with Gasteiger partial charge in [0.25, 0.3) is 5.91 Å². The number of hydrazone groups is 1. The molecule has 0 spiro atoms. The van der Waals surface area contributed by atoms with Gasteiger partial charge in [-0.15, -0.1) is 11.8 Å². The third kappa shape index (κ3) is 2.19. The summed E-state index contributed by atoms with van der Waals surface area (Å²) in [7, 11) is 3.55. The van der Waals surface area contributed by atoms with Gasteiger partial charge in [-0.1, -0.05) is 0 Å². The Bertz CT molecular complexity index is 486. The number of carbonyl (C=O) groups excluding carboxylic acids is 1. The van der Waals surface area contributed by atoms with Crippen molar-refractivity contribution in [3.63, 3.8) is 0 Å². The van der Waals surface area contributed by atoms with Crippen molar-refractivity contribution in [1.29, 1.82) is 5.26 Å². The van der Waals surface area contributed by atoms with Crippen LogP contribution in [-0.4, -0.2) is 47.9 Å². The third-order valence-electron chi connectivity index (χ3n) is 2.58. The summed E-state index contributed by atoms with van der Waals surface area (Å²) in [6, 6.07) is 1.93. The number of carbonyl (C=O) groups is 1. The zero-order valence-corrected chi connectivity index (χ0v) is 10.5. The van der Waals surface area contributed by atoms with Crippen molar-refractivity contribution in [1.82, 2.24) is 9.91 Å². The van der Waals surface area contributed by atoms with Gasteiger partial charge in [0.1, 0.15) is 6.07 Å². The molecule has 5 nitrogen and oxygen atoms in total. The lowest BCUT2D eigenvalue weighted by Crippen LogP contribution is -2.16. The predicted molar refractivity (Wildman–Crippen MR) is 67.1 cm³/mol. The van der Waals surface area contributed by atoms with Crippen LogP contribution < -0.4 is 0 Å². The molecule has 0 aliphatic carbocycles. The molecule has 0 unspecified atom stereocenters. The standard InChI is InChI=1S/C11H12N4OS/c1-14-5-6-17-10(14)4-3-8-9(7-12)13-15(2)11(8)16/h3-4H,5-6H2,1-2H3/b8-3+,10-4+. The van der Waals surface area contributed by atoms with E-state index >= 15 is 0 Å². The molecule has 0 aromatic rings. The lowest BCUT2D eigenvalue weighted by molar-refractivity contribution is -0.124. The number of nitrogens with zero attached hydrogens (tertiary/aromatic N) is 4. The smallest absolute Gasteiger partial charge is 0.276 e. The normalized spacial score (nSPS) is 24.8. The van der Waals surface area contributed by atoms with Crippen LogP contribution in [-0.2, 0) is 4.79 Å². The minimum absolute atomic E-state index is 0.181. The van der Waals surface area contributed by atoms with E-state index in [0.29, 0.717) is 5.57 Å². The number of rotatable bonds is 1. The SMILES string of the molecule is CN1N=C(C#N)/C(=C\C=C2\SCCN2C)C1=O. The zero-order chi connectivity index (χ0) is 12.4. The minimum Gasteiger partial charge on any atom is -0.369 e. The Labute approximate surface area is 104 Å². The van der Waals surface area contributed by atoms with Gasteiger partial charge in [-0.25, -0.2) is 5.01 Å². The molecule has 0 aromatic carbocycles. The van der Waals surface area contributed by atoms with Gasteiger partial charge >= 0.3 is 0 Å². The van der Waals surface area contributed by atoms with Gasteiger partial charge in [0.2, 0.25) is 0 Å². The minimum atomic E-state index is -0.232. The second kappa shape index (κ2) is 4.63. The highest BCUT2D eigenvalue weighted by atomic mass is 32.2. The maximum atomic E-state index is 11.7. The van der Waals surface area contributed by atoms with Crippen LogP contribution in [0.4, 0.5) is 0 Å².